The molecule has 0 spiro atoms. The first-order valence-corrected chi connectivity index (χ1v) is 11.1. The monoisotopic (exact) mass is 458 g/mol. The predicted molar refractivity (Wildman–Crippen MR) is 117 cm³/mol. The SMILES string of the molecule is C=CCn1c(Cc2ccc(Cl)cc2)nnc1S(=O)CC(=O)Nc1ccc2c(c1)OCO2. The molecule has 0 aliphatic carbocycles. The maximum Gasteiger partial charge on any atom is 0.237 e. The molecular weight excluding hydrogens is 440 g/mol. The Labute approximate surface area is 186 Å². The van der Waals surface area contributed by atoms with E-state index >= 15 is 0 Å². The number of anilines is 1. The van der Waals surface area contributed by atoms with Crippen LogP contribution < -0.4 is 14.8 Å². The van der Waals surface area contributed by atoms with Gasteiger partial charge >= 0.3 is 0 Å². The number of fused-ring (bicyclic) bond motifs is 1. The molecule has 1 amide bonds. The van der Waals surface area contributed by atoms with Gasteiger partial charge in [0.25, 0.3) is 0 Å². The Balaban J connectivity index is 1.46. The first-order chi connectivity index (χ1) is 15.0. The van der Waals surface area contributed by atoms with E-state index in [1.54, 1.807) is 41.0 Å². The molecule has 2 heterocycles. The van der Waals surface area contributed by atoms with Crippen LogP contribution in [0.2, 0.25) is 5.02 Å². The van der Waals surface area contributed by atoms with Gasteiger partial charge in [0.15, 0.2) is 11.5 Å². The molecule has 10 heteroatoms. The summed E-state index contributed by atoms with van der Waals surface area (Å²) in [5, 5.41) is 11.8. The average molecular weight is 459 g/mol. The van der Waals surface area contributed by atoms with Crippen LogP contribution in [0.4, 0.5) is 5.69 Å². The number of carbonyl (C=O) groups excluding carboxylic acids is 1. The smallest absolute Gasteiger partial charge is 0.237 e. The number of halogens is 1. The molecule has 0 saturated heterocycles. The molecule has 0 bridgehead atoms. The topological polar surface area (TPSA) is 95.3 Å². The molecule has 1 aliphatic rings. The second-order valence-electron chi connectivity index (χ2n) is 6.71. The fourth-order valence-electron chi connectivity index (χ4n) is 3.07. The number of nitrogens with one attached hydrogen (secondary N) is 1. The van der Waals surface area contributed by atoms with E-state index in [9.17, 15) is 9.00 Å². The van der Waals surface area contributed by atoms with Crippen LogP contribution in [0.15, 0.2) is 60.3 Å². The molecule has 0 saturated carbocycles. The van der Waals surface area contributed by atoms with Crippen LogP contribution in [0.25, 0.3) is 0 Å². The molecule has 1 aromatic heterocycles. The van der Waals surface area contributed by atoms with Crippen LogP contribution >= 0.6 is 11.6 Å². The predicted octanol–water partition coefficient (Wildman–Crippen LogP) is 3.18. The van der Waals surface area contributed by atoms with Gasteiger partial charge in [-0.25, -0.2) is 0 Å². The number of benzene rings is 2. The van der Waals surface area contributed by atoms with Crippen molar-refractivity contribution in [1.29, 1.82) is 0 Å². The van der Waals surface area contributed by atoms with Crippen LogP contribution in [-0.4, -0.2) is 37.4 Å². The zero-order valence-electron chi connectivity index (χ0n) is 16.4. The molecular formula is C21H19ClN4O4S. The third-order valence-corrected chi connectivity index (χ3v) is 5.99. The molecule has 1 N–H and O–H groups in total. The molecule has 31 heavy (non-hydrogen) atoms. The van der Waals surface area contributed by atoms with E-state index in [0.29, 0.717) is 41.0 Å². The molecule has 1 aliphatic heterocycles. The Morgan fingerprint density at radius 1 is 1.19 bits per heavy atom. The molecule has 0 radical (unpaired) electrons. The summed E-state index contributed by atoms with van der Waals surface area (Å²) in [6.45, 7) is 4.27. The summed E-state index contributed by atoms with van der Waals surface area (Å²) in [5.74, 6) is 1.13. The lowest BCUT2D eigenvalue weighted by Crippen LogP contribution is -2.21. The average Bonchev–Trinajstić information content (AvgIpc) is 3.37. The number of amides is 1. The number of allylic oxidation sites excluding steroid dienone is 1. The van der Waals surface area contributed by atoms with E-state index in [0.717, 1.165) is 5.56 Å². The maximum absolute atomic E-state index is 12.9. The first-order valence-electron chi connectivity index (χ1n) is 9.39. The fraction of sp³-hybridized carbons (Fsp3) is 0.190. The van der Waals surface area contributed by atoms with Crippen molar-refractivity contribution in [2.45, 2.75) is 18.1 Å². The van der Waals surface area contributed by atoms with E-state index in [1.165, 1.54) is 0 Å². The number of nitrogens with zero attached hydrogens (tertiary/aromatic N) is 3. The van der Waals surface area contributed by atoms with Crippen molar-refractivity contribution in [1.82, 2.24) is 14.8 Å². The molecule has 160 valence electrons. The molecule has 1 atom stereocenters. The van der Waals surface area contributed by atoms with Crippen molar-refractivity contribution >= 4 is 34.0 Å². The van der Waals surface area contributed by atoms with Gasteiger partial charge in [-0.1, -0.05) is 29.8 Å². The Hall–Kier alpha value is -3.17. The quantitative estimate of drug-likeness (QED) is 0.521. The van der Waals surface area contributed by atoms with Gasteiger partial charge in [0.2, 0.25) is 17.9 Å². The second kappa shape index (κ2) is 9.32. The summed E-state index contributed by atoms with van der Waals surface area (Å²) < 4.78 is 25.1. The van der Waals surface area contributed by atoms with Gasteiger partial charge in [0.05, 0.1) is 0 Å². The third kappa shape index (κ3) is 4.95. The Morgan fingerprint density at radius 3 is 2.74 bits per heavy atom. The van der Waals surface area contributed by atoms with Crippen LogP contribution in [-0.2, 0) is 28.6 Å². The van der Waals surface area contributed by atoms with Crippen molar-refractivity contribution in [3.05, 3.63) is 71.5 Å². The fourth-order valence-corrected chi connectivity index (χ4v) is 4.19. The van der Waals surface area contributed by atoms with Crippen molar-refractivity contribution in [3.63, 3.8) is 0 Å². The highest BCUT2D eigenvalue weighted by Gasteiger charge is 2.20. The minimum atomic E-state index is -1.69. The summed E-state index contributed by atoms with van der Waals surface area (Å²) in [6.07, 6.45) is 2.15. The van der Waals surface area contributed by atoms with Gasteiger partial charge in [0, 0.05) is 29.7 Å². The van der Waals surface area contributed by atoms with Crippen LogP contribution in [0, 0.1) is 0 Å². The minimum Gasteiger partial charge on any atom is -0.454 e. The number of hydrogen-bond donors (Lipinski definition) is 1. The summed E-state index contributed by atoms with van der Waals surface area (Å²) >= 11 is 5.94. The Morgan fingerprint density at radius 2 is 1.97 bits per heavy atom. The molecule has 1 unspecified atom stereocenters. The van der Waals surface area contributed by atoms with E-state index in [4.69, 9.17) is 21.1 Å². The molecule has 4 rings (SSSR count). The molecule has 0 fully saturated rings. The summed E-state index contributed by atoms with van der Waals surface area (Å²) in [4.78, 5) is 12.4. The highest BCUT2D eigenvalue weighted by Crippen LogP contribution is 2.34. The number of carbonyl (C=O) groups is 1. The van der Waals surface area contributed by atoms with Gasteiger partial charge in [-0.3, -0.25) is 13.6 Å². The summed E-state index contributed by atoms with van der Waals surface area (Å²) in [6, 6.07) is 12.4. The Bertz CT molecular complexity index is 1150. The standard InChI is InChI=1S/C21H19ClN4O4S/c1-2-9-26-19(10-14-3-5-15(22)6-4-14)24-25-21(26)31(28)12-20(27)23-16-7-8-17-18(11-16)30-13-29-17/h2-8,11H,1,9-10,12-13H2,(H,23,27). The van der Waals surface area contributed by atoms with Crippen LogP contribution in [0.1, 0.15) is 11.4 Å². The lowest BCUT2D eigenvalue weighted by atomic mass is 10.1. The molecule has 8 nitrogen and oxygen atoms in total. The van der Waals surface area contributed by atoms with Crippen molar-refractivity contribution in [2.75, 3.05) is 17.9 Å². The molecule has 2 aromatic carbocycles. The molecule has 3 aromatic rings. The second-order valence-corrected chi connectivity index (χ2v) is 8.49. The number of rotatable bonds is 8. The highest BCUT2D eigenvalue weighted by molar-refractivity contribution is 7.85. The number of hydrogen-bond acceptors (Lipinski definition) is 6. The van der Waals surface area contributed by atoms with Gasteiger partial charge in [-0.05, 0) is 29.8 Å². The van der Waals surface area contributed by atoms with E-state index in [2.05, 4.69) is 22.1 Å². The largest absolute Gasteiger partial charge is 0.454 e. The maximum atomic E-state index is 12.9. The summed E-state index contributed by atoms with van der Waals surface area (Å²) in [7, 11) is -1.69. The van der Waals surface area contributed by atoms with Gasteiger partial charge in [0.1, 0.15) is 22.4 Å². The lowest BCUT2D eigenvalue weighted by Gasteiger charge is -2.09. The Kier molecular flexibility index (Phi) is 6.34. The van der Waals surface area contributed by atoms with Crippen molar-refractivity contribution in [2.24, 2.45) is 0 Å². The zero-order valence-corrected chi connectivity index (χ0v) is 18.0. The summed E-state index contributed by atoms with van der Waals surface area (Å²) in [5.41, 5.74) is 1.52. The van der Waals surface area contributed by atoms with Gasteiger partial charge in [-0.2, -0.15) is 0 Å². The van der Waals surface area contributed by atoms with Gasteiger partial charge < -0.3 is 14.8 Å². The van der Waals surface area contributed by atoms with E-state index in [-0.39, 0.29) is 17.7 Å². The van der Waals surface area contributed by atoms with Crippen LogP contribution in [0.5, 0.6) is 11.5 Å². The highest BCUT2D eigenvalue weighted by atomic mass is 35.5. The lowest BCUT2D eigenvalue weighted by molar-refractivity contribution is -0.113. The van der Waals surface area contributed by atoms with Crippen molar-refractivity contribution in [3.8, 4) is 11.5 Å². The normalized spacial score (nSPS) is 13.1. The van der Waals surface area contributed by atoms with Crippen LogP contribution in [0.3, 0.4) is 0 Å². The van der Waals surface area contributed by atoms with Gasteiger partial charge in [-0.15, -0.1) is 16.8 Å². The van der Waals surface area contributed by atoms with E-state index in [1.807, 2.05) is 12.1 Å². The van der Waals surface area contributed by atoms with Crippen molar-refractivity contribution < 1.29 is 18.5 Å². The number of aromatic nitrogens is 3. The third-order valence-electron chi connectivity index (χ3n) is 4.50. The first kappa shape index (κ1) is 21.1. The van der Waals surface area contributed by atoms with E-state index < -0.39 is 16.7 Å². The zero-order chi connectivity index (χ0) is 21.8. The number of ether oxygens (including phenoxy) is 2. The minimum absolute atomic E-state index is 0.147.